The summed E-state index contributed by atoms with van der Waals surface area (Å²) in [5.41, 5.74) is 0. The fourth-order valence-electron chi connectivity index (χ4n) is 1.45. The van der Waals surface area contributed by atoms with Gasteiger partial charge in [-0.05, 0) is 24.6 Å². The number of benzene rings is 1. The fourth-order valence-corrected chi connectivity index (χ4v) is 1.83. The van der Waals surface area contributed by atoms with Crippen LogP contribution < -0.4 is 10.1 Å². The van der Waals surface area contributed by atoms with Gasteiger partial charge in [-0.2, -0.15) is 0 Å². The first-order chi connectivity index (χ1) is 8.65. The van der Waals surface area contributed by atoms with Gasteiger partial charge in [-0.25, -0.2) is 0 Å². The van der Waals surface area contributed by atoms with Crippen LogP contribution in [0.1, 0.15) is 13.3 Å². The van der Waals surface area contributed by atoms with Crippen LogP contribution in [-0.2, 0) is 0 Å². The Morgan fingerprint density at radius 1 is 1.44 bits per heavy atom. The van der Waals surface area contributed by atoms with E-state index in [-0.39, 0.29) is 19.3 Å². The van der Waals surface area contributed by atoms with Crippen LogP contribution in [0.3, 0.4) is 0 Å². The van der Waals surface area contributed by atoms with Crippen LogP contribution in [0.2, 0.25) is 0 Å². The highest BCUT2D eigenvalue weighted by atomic mass is 79.9. The van der Waals surface area contributed by atoms with Crippen molar-refractivity contribution in [2.75, 3.05) is 19.8 Å². The lowest BCUT2D eigenvalue weighted by Gasteiger charge is -2.17. The first kappa shape index (κ1) is 15.4. The number of nitrogens with one attached hydrogen (secondary N) is 1. The lowest BCUT2D eigenvalue weighted by Crippen LogP contribution is -2.39. The van der Waals surface area contributed by atoms with Crippen molar-refractivity contribution in [1.82, 2.24) is 5.32 Å². The van der Waals surface area contributed by atoms with Gasteiger partial charge in [-0.15, -0.1) is 0 Å². The number of rotatable bonds is 8. The Bertz CT molecular complexity index is 345. The molecule has 1 rings (SSSR count). The van der Waals surface area contributed by atoms with E-state index in [1.54, 1.807) is 0 Å². The lowest BCUT2D eigenvalue weighted by molar-refractivity contribution is 0.0994. The van der Waals surface area contributed by atoms with Crippen molar-refractivity contribution < 1.29 is 14.9 Å². The number of halogens is 1. The topological polar surface area (TPSA) is 61.7 Å². The maximum absolute atomic E-state index is 9.74. The molecule has 0 aliphatic rings. The molecule has 1 aromatic rings. The molecule has 3 N–H and O–H groups in total. The van der Waals surface area contributed by atoms with Crippen LogP contribution in [0, 0.1) is 0 Å². The molecule has 1 aromatic carbocycles. The van der Waals surface area contributed by atoms with Gasteiger partial charge in [0.15, 0.2) is 0 Å². The molecule has 4 nitrogen and oxygen atoms in total. The number of ether oxygens (including phenoxy) is 1. The van der Waals surface area contributed by atoms with Crippen LogP contribution in [0.5, 0.6) is 5.75 Å². The average molecular weight is 318 g/mol. The van der Waals surface area contributed by atoms with Crippen molar-refractivity contribution in [3.63, 3.8) is 0 Å². The van der Waals surface area contributed by atoms with Crippen LogP contribution in [0.15, 0.2) is 28.7 Å². The molecule has 0 fully saturated rings. The van der Waals surface area contributed by atoms with Gasteiger partial charge < -0.3 is 20.3 Å². The monoisotopic (exact) mass is 317 g/mol. The van der Waals surface area contributed by atoms with Gasteiger partial charge >= 0.3 is 0 Å². The second-order valence-electron chi connectivity index (χ2n) is 4.12. The number of aliphatic hydroxyl groups excluding tert-OH is 2. The summed E-state index contributed by atoms with van der Waals surface area (Å²) in [4.78, 5) is 0. The van der Waals surface area contributed by atoms with Gasteiger partial charge in [0.05, 0.1) is 6.61 Å². The highest BCUT2D eigenvalue weighted by Gasteiger charge is 2.09. The van der Waals surface area contributed by atoms with Gasteiger partial charge in [-0.3, -0.25) is 0 Å². The average Bonchev–Trinajstić information content (AvgIpc) is 2.37. The predicted octanol–water partition coefficient (Wildman–Crippen LogP) is 1.55. The van der Waals surface area contributed by atoms with E-state index in [0.717, 1.165) is 16.6 Å². The summed E-state index contributed by atoms with van der Waals surface area (Å²) in [6.45, 7) is 2.70. The van der Waals surface area contributed by atoms with E-state index in [2.05, 4.69) is 21.2 Å². The molecule has 0 saturated carbocycles. The van der Waals surface area contributed by atoms with Crippen LogP contribution in [-0.4, -0.2) is 42.1 Å². The molecule has 102 valence electrons. The number of aliphatic hydroxyl groups is 2. The van der Waals surface area contributed by atoms with Gasteiger partial charge in [0.1, 0.15) is 18.5 Å². The van der Waals surface area contributed by atoms with E-state index in [1.807, 2.05) is 31.2 Å². The minimum absolute atomic E-state index is 0.0329. The molecule has 0 spiro atoms. The van der Waals surface area contributed by atoms with Crippen LogP contribution in [0.4, 0.5) is 0 Å². The standard InChI is InChI=1S/C13H20BrNO3/c1-2-11(8-16)15-7-12(17)9-18-13-5-3-4-10(14)6-13/h3-6,11-12,15-17H,2,7-9H2,1H3/t11-,12-/m0/s1. The predicted molar refractivity (Wildman–Crippen MR) is 74.8 cm³/mol. The van der Waals surface area contributed by atoms with E-state index >= 15 is 0 Å². The van der Waals surface area contributed by atoms with E-state index in [9.17, 15) is 5.11 Å². The van der Waals surface area contributed by atoms with Crippen molar-refractivity contribution in [3.05, 3.63) is 28.7 Å². The van der Waals surface area contributed by atoms with Crippen molar-refractivity contribution in [1.29, 1.82) is 0 Å². The lowest BCUT2D eigenvalue weighted by atomic mass is 10.2. The Hall–Kier alpha value is -0.620. The second-order valence-corrected chi connectivity index (χ2v) is 5.03. The third-order valence-corrected chi connectivity index (χ3v) is 3.09. The third-order valence-electron chi connectivity index (χ3n) is 2.59. The molecule has 5 heteroatoms. The summed E-state index contributed by atoms with van der Waals surface area (Å²) in [5.74, 6) is 0.720. The molecule has 0 amide bonds. The Morgan fingerprint density at radius 3 is 2.83 bits per heavy atom. The summed E-state index contributed by atoms with van der Waals surface area (Å²) >= 11 is 3.36. The molecule has 0 unspecified atom stereocenters. The number of hydrogen-bond donors (Lipinski definition) is 3. The maximum atomic E-state index is 9.74. The summed E-state index contributed by atoms with van der Waals surface area (Å²) < 4.78 is 6.41. The second kappa shape index (κ2) is 8.48. The zero-order chi connectivity index (χ0) is 13.4. The maximum Gasteiger partial charge on any atom is 0.120 e. The van der Waals surface area contributed by atoms with Gasteiger partial charge in [0, 0.05) is 17.1 Å². The van der Waals surface area contributed by atoms with Crippen molar-refractivity contribution in [2.24, 2.45) is 0 Å². The van der Waals surface area contributed by atoms with E-state index < -0.39 is 6.10 Å². The van der Waals surface area contributed by atoms with Crippen molar-refractivity contribution in [2.45, 2.75) is 25.5 Å². The molecule has 0 bridgehead atoms. The molecule has 0 radical (unpaired) electrons. The zero-order valence-corrected chi connectivity index (χ0v) is 12.1. The SMILES string of the molecule is CC[C@@H](CO)NC[C@H](O)COc1cccc(Br)c1. The minimum atomic E-state index is -0.593. The molecule has 2 atom stereocenters. The van der Waals surface area contributed by atoms with Gasteiger partial charge in [0.2, 0.25) is 0 Å². The third kappa shape index (κ3) is 5.82. The van der Waals surface area contributed by atoms with E-state index in [4.69, 9.17) is 9.84 Å². The molecule has 0 saturated heterocycles. The highest BCUT2D eigenvalue weighted by molar-refractivity contribution is 9.10. The largest absolute Gasteiger partial charge is 0.491 e. The summed E-state index contributed by atoms with van der Waals surface area (Å²) in [5, 5.41) is 21.8. The van der Waals surface area contributed by atoms with Crippen molar-refractivity contribution in [3.8, 4) is 5.75 Å². The van der Waals surface area contributed by atoms with Crippen LogP contribution >= 0.6 is 15.9 Å². The minimum Gasteiger partial charge on any atom is -0.491 e. The van der Waals surface area contributed by atoms with Crippen molar-refractivity contribution >= 4 is 15.9 Å². The first-order valence-electron chi connectivity index (χ1n) is 6.06. The fraction of sp³-hybridized carbons (Fsp3) is 0.538. The zero-order valence-electron chi connectivity index (χ0n) is 10.5. The highest BCUT2D eigenvalue weighted by Crippen LogP contribution is 2.17. The normalized spacial score (nSPS) is 14.2. The molecule has 0 aromatic heterocycles. The molecular weight excluding hydrogens is 298 g/mol. The molecular formula is C13H20BrNO3. The van der Waals surface area contributed by atoms with Crippen LogP contribution in [0.25, 0.3) is 0 Å². The molecule has 0 aliphatic heterocycles. The number of hydrogen-bond acceptors (Lipinski definition) is 4. The molecule has 0 aliphatic carbocycles. The quantitative estimate of drug-likeness (QED) is 0.681. The Morgan fingerprint density at radius 2 is 2.22 bits per heavy atom. The first-order valence-corrected chi connectivity index (χ1v) is 6.85. The van der Waals surface area contributed by atoms with Gasteiger partial charge in [-0.1, -0.05) is 28.9 Å². The van der Waals surface area contributed by atoms with E-state index in [0.29, 0.717) is 6.54 Å². The smallest absolute Gasteiger partial charge is 0.120 e. The Kier molecular flexibility index (Phi) is 7.27. The molecule has 18 heavy (non-hydrogen) atoms. The van der Waals surface area contributed by atoms with Gasteiger partial charge in [0.25, 0.3) is 0 Å². The summed E-state index contributed by atoms with van der Waals surface area (Å²) in [6, 6.07) is 7.52. The Balaban J connectivity index is 2.26. The Labute approximate surface area is 116 Å². The van der Waals surface area contributed by atoms with E-state index in [1.165, 1.54) is 0 Å². The summed E-state index contributed by atoms with van der Waals surface area (Å²) in [6.07, 6.45) is 0.236. The summed E-state index contributed by atoms with van der Waals surface area (Å²) in [7, 11) is 0. The molecule has 0 heterocycles.